The van der Waals surface area contributed by atoms with Crippen molar-refractivity contribution in [1.29, 1.82) is 0 Å². The molecule has 1 aromatic rings. The third-order valence-electron chi connectivity index (χ3n) is 3.33. The van der Waals surface area contributed by atoms with E-state index in [1.807, 2.05) is 12.1 Å². The van der Waals surface area contributed by atoms with Gasteiger partial charge in [0.25, 0.3) is 0 Å². The second kappa shape index (κ2) is 4.40. The Kier molecular flexibility index (Phi) is 2.97. The fraction of sp³-hybridized carbons (Fsp3) is 0.429. The maximum atomic E-state index is 9.21. The monoisotopic (exact) mass is 200 g/mol. The molecule has 1 aliphatic rings. The molecule has 0 heterocycles. The summed E-state index contributed by atoms with van der Waals surface area (Å²) in [5.74, 6) is 4.31. The molecule has 15 heavy (non-hydrogen) atoms. The average Bonchev–Trinajstić information content (AvgIpc) is 2.30. The van der Waals surface area contributed by atoms with Crippen LogP contribution in [0, 0.1) is 18.3 Å². The van der Waals surface area contributed by atoms with E-state index in [0.29, 0.717) is 17.6 Å². The van der Waals surface area contributed by atoms with Gasteiger partial charge in [0.2, 0.25) is 0 Å². The molecule has 0 aromatic heterocycles. The van der Waals surface area contributed by atoms with Gasteiger partial charge < -0.3 is 5.11 Å². The Bertz CT molecular complexity index is 350. The Morgan fingerprint density at radius 2 is 1.67 bits per heavy atom. The lowest BCUT2D eigenvalue weighted by Gasteiger charge is -2.25. The Labute approximate surface area is 91.1 Å². The first-order chi connectivity index (χ1) is 7.29. The summed E-state index contributed by atoms with van der Waals surface area (Å²) in [6, 6.07) is 7.58. The predicted molar refractivity (Wildman–Crippen MR) is 61.6 cm³/mol. The molecule has 2 rings (SSSR count). The van der Waals surface area contributed by atoms with E-state index in [2.05, 4.69) is 5.92 Å². The summed E-state index contributed by atoms with van der Waals surface area (Å²) < 4.78 is 0. The van der Waals surface area contributed by atoms with E-state index in [1.54, 1.807) is 12.1 Å². The van der Waals surface area contributed by atoms with Crippen molar-refractivity contribution in [2.24, 2.45) is 5.92 Å². The van der Waals surface area contributed by atoms with Crippen LogP contribution in [0.3, 0.4) is 0 Å². The lowest BCUT2D eigenvalue weighted by atomic mass is 9.79. The van der Waals surface area contributed by atoms with Gasteiger partial charge >= 0.3 is 0 Å². The molecule has 1 saturated carbocycles. The van der Waals surface area contributed by atoms with Gasteiger partial charge in [-0.2, -0.15) is 0 Å². The Morgan fingerprint density at radius 1 is 1.07 bits per heavy atom. The first kappa shape index (κ1) is 10.1. The zero-order chi connectivity index (χ0) is 10.7. The van der Waals surface area contributed by atoms with Crippen LogP contribution in [0.1, 0.15) is 37.2 Å². The average molecular weight is 200 g/mol. The first-order valence-corrected chi connectivity index (χ1v) is 5.54. The lowest BCUT2D eigenvalue weighted by Crippen LogP contribution is -2.11. The van der Waals surface area contributed by atoms with Gasteiger partial charge in [-0.1, -0.05) is 12.1 Å². The minimum atomic E-state index is 0.344. The number of benzene rings is 1. The molecular weight excluding hydrogens is 184 g/mol. The summed E-state index contributed by atoms with van der Waals surface area (Å²) in [4.78, 5) is 0. The first-order valence-electron chi connectivity index (χ1n) is 5.54. The van der Waals surface area contributed by atoms with Crippen molar-refractivity contribution >= 4 is 0 Å². The van der Waals surface area contributed by atoms with Crippen molar-refractivity contribution in [3.63, 3.8) is 0 Å². The molecular formula is C14H16O. The number of phenols is 1. The van der Waals surface area contributed by atoms with Crippen LogP contribution in [0.2, 0.25) is 0 Å². The highest BCUT2D eigenvalue weighted by atomic mass is 16.3. The molecule has 1 fully saturated rings. The number of terminal acetylenes is 1. The molecule has 0 unspecified atom stereocenters. The van der Waals surface area contributed by atoms with Crippen LogP contribution in [-0.4, -0.2) is 5.11 Å². The van der Waals surface area contributed by atoms with E-state index in [-0.39, 0.29) is 0 Å². The van der Waals surface area contributed by atoms with Crippen molar-refractivity contribution in [2.75, 3.05) is 0 Å². The van der Waals surface area contributed by atoms with Gasteiger partial charge in [0, 0.05) is 5.92 Å². The Morgan fingerprint density at radius 3 is 2.20 bits per heavy atom. The summed E-state index contributed by atoms with van der Waals surface area (Å²) in [6.45, 7) is 0. The third kappa shape index (κ3) is 2.33. The lowest BCUT2D eigenvalue weighted by molar-refractivity contribution is 0.384. The summed E-state index contributed by atoms with van der Waals surface area (Å²) in [5.41, 5.74) is 1.34. The molecule has 0 amide bonds. The van der Waals surface area contributed by atoms with Crippen LogP contribution in [0.15, 0.2) is 24.3 Å². The van der Waals surface area contributed by atoms with Gasteiger partial charge in [0.05, 0.1) is 0 Å². The van der Waals surface area contributed by atoms with Crippen molar-refractivity contribution in [1.82, 2.24) is 0 Å². The third-order valence-corrected chi connectivity index (χ3v) is 3.33. The second-order valence-corrected chi connectivity index (χ2v) is 4.31. The molecule has 1 N–H and O–H groups in total. The largest absolute Gasteiger partial charge is 0.508 e. The highest BCUT2D eigenvalue weighted by Gasteiger charge is 2.20. The maximum absolute atomic E-state index is 9.21. The molecule has 0 atom stereocenters. The molecule has 1 aliphatic carbocycles. The summed E-state index contributed by atoms with van der Waals surface area (Å²) in [6.07, 6.45) is 10.1. The molecule has 0 saturated heterocycles. The highest BCUT2D eigenvalue weighted by molar-refractivity contribution is 5.28. The molecule has 0 bridgehead atoms. The van der Waals surface area contributed by atoms with Gasteiger partial charge in [0.1, 0.15) is 5.75 Å². The molecule has 0 aliphatic heterocycles. The van der Waals surface area contributed by atoms with Crippen LogP contribution < -0.4 is 0 Å². The zero-order valence-electron chi connectivity index (χ0n) is 8.82. The number of phenolic OH excluding ortho intramolecular Hbond substituents is 1. The van der Waals surface area contributed by atoms with Crippen molar-refractivity contribution < 1.29 is 5.11 Å². The molecule has 0 spiro atoms. The Hall–Kier alpha value is -1.42. The minimum Gasteiger partial charge on any atom is -0.508 e. The smallest absolute Gasteiger partial charge is 0.115 e. The van der Waals surface area contributed by atoms with Gasteiger partial charge in [-0.3, -0.25) is 0 Å². The SMILES string of the molecule is C#CC1CCC(c2ccc(O)cc2)CC1. The number of hydrogen-bond acceptors (Lipinski definition) is 1. The van der Waals surface area contributed by atoms with Crippen LogP contribution in [0.5, 0.6) is 5.75 Å². The van der Waals surface area contributed by atoms with Crippen molar-refractivity contribution in [2.45, 2.75) is 31.6 Å². The summed E-state index contributed by atoms with van der Waals surface area (Å²) in [7, 11) is 0. The van der Waals surface area contributed by atoms with E-state index in [0.717, 1.165) is 12.8 Å². The second-order valence-electron chi connectivity index (χ2n) is 4.31. The van der Waals surface area contributed by atoms with Gasteiger partial charge in [-0.25, -0.2) is 0 Å². The maximum Gasteiger partial charge on any atom is 0.115 e. The quantitative estimate of drug-likeness (QED) is 0.690. The molecule has 0 radical (unpaired) electrons. The molecule has 1 aromatic carbocycles. The van der Waals surface area contributed by atoms with E-state index in [1.165, 1.54) is 18.4 Å². The van der Waals surface area contributed by atoms with E-state index >= 15 is 0 Å². The molecule has 78 valence electrons. The van der Waals surface area contributed by atoms with Gasteiger partial charge in [-0.15, -0.1) is 12.3 Å². The highest BCUT2D eigenvalue weighted by Crippen LogP contribution is 2.35. The van der Waals surface area contributed by atoms with E-state index in [9.17, 15) is 5.11 Å². The number of hydrogen-bond donors (Lipinski definition) is 1. The van der Waals surface area contributed by atoms with Gasteiger partial charge in [-0.05, 0) is 49.3 Å². The van der Waals surface area contributed by atoms with Crippen LogP contribution in [0.25, 0.3) is 0 Å². The van der Waals surface area contributed by atoms with Gasteiger partial charge in [0.15, 0.2) is 0 Å². The topological polar surface area (TPSA) is 20.2 Å². The van der Waals surface area contributed by atoms with Crippen molar-refractivity contribution in [3.8, 4) is 18.1 Å². The summed E-state index contributed by atoms with van der Waals surface area (Å²) in [5, 5.41) is 9.21. The predicted octanol–water partition coefficient (Wildman–Crippen LogP) is 3.30. The fourth-order valence-corrected chi connectivity index (χ4v) is 2.34. The van der Waals surface area contributed by atoms with Crippen LogP contribution >= 0.6 is 0 Å². The molecule has 1 heteroatoms. The van der Waals surface area contributed by atoms with Crippen LogP contribution in [-0.2, 0) is 0 Å². The van der Waals surface area contributed by atoms with E-state index in [4.69, 9.17) is 6.42 Å². The molecule has 1 nitrogen and oxygen atoms in total. The van der Waals surface area contributed by atoms with E-state index < -0.39 is 0 Å². The van der Waals surface area contributed by atoms with Crippen LogP contribution in [0.4, 0.5) is 0 Å². The normalized spacial score (nSPS) is 25.8. The number of rotatable bonds is 1. The fourth-order valence-electron chi connectivity index (χ4n) is 2.34. The van der Waals surface area contributed by atoms with Crippen molar-refractivity contribution in [3.05, 3.63) is 29.8 Å². The summed E-state index contributed by atoms with van der Waals surface area (Å²) >= 11 is 0. The Balaban J connectivity index is 2.02. The number of aromatic hydroxyl groups is 1. The zero-order valence-corrected chi connectivity index (χ0v) is 8.82. The minimum absolute atomic E-state index is 0.344. The standard InChI is InChI=1S/C14H16O/c1-2-11-3-5-12(6-4-11)13-7-9-14(15)10-8-13/h1,7-12,15H,3-6H2.